The van der Waals surface area contributed by atoms with Gasteiger partial charge in [0.15, 0.2) is 0 Å². The number of hydrogen-bond acceptors (Lipinski definition) is 6. The molecule has 0 radical (unpaired) electrons. The Kier molecular flexibility index (Phi) is 5.88. The standard InChI is InChI=1S/C27H27N3O3S/c1-17(2)33-23-7-6-18(12-19(23)13-28)26-29-14-24(34-26)21-4-3-5-22-20(21)8-9-27(22)10-11-30(16-27)25(32)15-31/h3-7,12,14,17,31H,8-11,15-16H2,1-2H3/t27-/m0/s1. The molecule has 0 bridgehead atoms. The van der Waals surface area contributed by atoms with Crippen molar-refractivity contribution in [3.63, 3.8) is 0 Å². The van der Waals surface area contributed by atoms with Crippen molar-refractivity contribution < 1.29 is 14.6 Å². The van der Waals surface area contributed by atoms with Gasteiger partial charge in [-0.2, -0.15) is 5.26 Å². The third-order valence-corrected chi connectivity index (χ3v) is 8.00. The molecule has 6 nitrogen and oxygen atoms in total. The van der Waals surface area contributed by atoms with E-state index in [1.54, 1.807) is 16.2 Å². The number of nitriles is 1. The van der Waals surface area contributed by atoms with Gasteiger partial charge in [0.2, 0.25) is 5.91 Å². The van der Waals surface area contributed by atoms with E-state index < -0.39 is 6.61 Å². The number of rotatable bonds is 5. The van der Waals surface area contributed by atoms with Crippen LogP contribution in [0.3, 0.4) is 0 Å². The van der Waals surface area contributed by atoms with Crippen LogP contribution < -0.4 is 4.74 Å². The minimum Gasteiger partial charge on any atom is -0.490 e. The Morgan fingerprint density at radius 1 is 1.32 bits per heavy atom. The first kappa shape index (κ1) is 22.6. The van der Waals surface area contributed by atoms with Gasteiger partial charge in [-0.05, 0) is 68.0 Å². The molecule has 1 fully saturated rings. The van der Waals surface area contributed by atoms with E-state index in [1.165, 1.54) is 16.7 Å². The SMILES string of the molecule is CC(C)Oc1ccc(-c2ncc(-c3cccc4c3CC[C@@]43CCN(C(=O)CO)C3)s2)cc1C#N. The summed E-state index contributed by atoms with van der Waals surface area (Å²) in [4.78, 5) is 19.6. The number of ether oxygens (including phenoxy) is 1. The van der Waals surface area contributed by atoms with Crippen LogP contribution in [0.4, 0.5) is 0 Å². The van der Waals surface area contributed by atoms with Gasteiger partial charge < -0.3 is 14.7 Å². The second-order valence-electron chi connectivity index (χ2n) is 9.35. The van der Waals surface area contributed by atoms with E-state index >= 15 is 0 Å². The Morgan fingerprint density at radius 2 is 2.18 bits per heavy atom. The van der Waals surface area contributed by atoms with Crippen molar-refractivity contribution in [1.82, 2.24) is 9.88 Å². The average molecular weight is 474 g/mol. The van der Waals surface area contributed by atoms with E-state index in [0.717, 1.165) is 34.7 Å². The quantitative estimate of drug-likeness (QED) is 0.588. The lowest BCUT2D eigenvalue weighted by atomic mass is 9.81. The van der Waals surface area contributed by atoms with E-state index in [0.29, 0.717) is 24.4 Å². The number of likely N-dealkylation sites (tertiary alicyclic amines) is 1. The van der Waals surface area contributed by atoms with Gasteiger partial charge in [-0.1, -0.05) is 18.2 Å². The average Bonchev–Trinajstić information content (AvgIpc) is 3.58. The van der Waals surface area contributed by atoms with Gasteiger partial charge in [0.1, 0.15) is 23.4 Å². The summed E-state index contributed by atoms with van der Waals surface area (Å²) in [5.74, 6) is 0.407. The smallest absolute Gasteiger partial charge is 0.248 e. The Labute approximate surface area is 203 Å². The summed E-state index contributed by atoms with van der Waals surface area (Å²) in [7, 11) is 0. The first-order chi connectivity index (χ1) is 16.4. The first-order valence-electron chi connectivity index (χ1n) is 11.6. The molecule has 0 unspecified atom stereocenters. The molecule has 3 aromatic rings. The lowest BCUT2D eigenvalue weighted by Crippen LogP contribution is -2.34. The molecule has 2 heterocycles. The predicted octanol–water partition coefficient (Wildman–Crippen LogP) is 4.54. The molecule has 1 spiro atoms. The largest absolute Gasteiger partial charge is 0.490 e. The van der Waals surface area contributed by atoms with Crippen molar-refractivity contribution in [3.05, 3.63) is 59.3 Å². The summed E-state index contributed by atoms with van der Waals surface area (Å²) in [5.41, 5.74) is 5.27. The van der Waals surface area contributed by atoms with E-state index in [4.69, 9.17) is 4.74 Å². The van der Waals surface area contributed by atoms with Gasteiger partial charge in [-0.15, -0.1) is 11.3 Å². The van der Waals surface area contributed by atoms with Gasteiger partial charge in [0.25, 0.3) is 0 Å². The molecule has 1 saturated heterocycles. The third-order valence-electron chi connectivity index (χ3n) is 6.92. The van der Waals surface area contributed by atoms with Crippen molar-refractivity contribution in [3.8, 4) is 32.8 Å². The molecule has 7 heteroatoms. The number of aromatic nitrogens is 1. The molecule has 5 rings (SSSR count). The minimum absolute atomic E-state index is 0.00147. The zero-order valence-corrected chi connectivity index (χ0v) is 20.2. The zero-order valence-electron chi connectivity index (χ0n) is 19.4. The van der Waals surface area contributed by atoms with Gasteiger partial charge in [0, 0.05) is 30.3 Å². The lowest BCUT2D eigenvalue weighted by Gasteiger charge is -2.25. The Morgan fingerprint density at radius 3 is 2.94 bits per heavy atom. The molecule has 174 valence electrons. The van der Waals surface area contributed by atoms with Crippen LogP contribution in [-0.2, 0) is 16.6 Å². The van der Waals surface area contributed by atoms with Crippen LogP contribution in [0.5, 0.6) is 5.75 Å². The molecule has 1 aliphatic carbocycles. The number of carbonyl (C=O) groups is 1. The molecule has 2 aliphatic rings. The first-order valence-corrected chi connectivity index (χ1v) is 12.4. The topological polar surface area (TPSA) is 86.4 Å². The van der Waals surface area contributed by atoms with Gasteiger partial charge in [-0.25, -0.2) is 4.98 Å². The van der Waals surface area contributed by atoms with Crippen molar-refractivity contribution in [2.45, 2.75) is 44.6 Å². The van der Waals surface area contributed by atoms with Crippen LogP contribution in [0.25, 0.3) is 21.0 Å². The van der Waals surface area contributed by atoms with E-state index in [9.17, 15) is 15.2 Å². The molecule has 1 aromatic heterocycles. The van der Waals surface area contributed by atoms with Gasteiger partial charge in [-0.3, -0.25) is 4.79 Å². The number of aliphatic hydroxyl groups is 1. The fourth-order valence-electron chi connectivity index (χ4n) is 5.33. The fraction of sp³-hybridized carbons (Fsp3) is 0.370. The highest BCUT2D eigenvalue weighted by atomic mass is 32.1. The maximum absolute atomic E-state index is 12.1. The van der Waals surface area contributed by atoms with Crippen LogP contribution in [0, 0.1) is 11.3 Å². The number of hydrogen-bond donors (Lipinski definition) is 1. The van der Waals surface area contributed by atoms with Crippen LogP contribution in [0.1, 0.15) is 43.4 Å². The molecule has 2 aromatic carbocycles. The lowest BCUT2D eigenvalue weighted by molar-refractivity contribution is -0.133. The predicted molar refractivity (Wildman–Crippen MR) is 132 cm³/mol. The third kappa shape index (κ3) is 3.87. The van der Waals surface area contributed by atoms with Gasteiger partial charge >= 0.3 is 0 Å². The van der Waals surface area contributed by atoms with Gasteiger partial charge in [0.05, 0.1) is 16.5 Å². The summed E-state index contributed by atoms with van der Waals surface area (Å²) in [6.07, 6.45) is 4.84. The van der Waals surface area contributed by atoms with Crippen molar-refractivity contribution in [1.29, 1.82) is 5.26 Å². The minimum atomic E-state index is -0.426. The van der Waals surface area contributed by atoms with E-state index in [-0.39, 0.29) is 17.4 Å². The highest BCUT2D eigenvalue weighted by Crippen LogP contribution is 2.49. The summed E-state index contributed by atoms with van der Waals surface area (Å²) in [6, 6.07) is 14.3. The maximum Gasteiger partial charge on any atom is 0.248 e. The second-order valence-corrected chi connectivity index (χ2v) is 10.4. The van der Waals surface area contributed by atoms with Crippen LogP contribution in [0.2, 0.25) is 0 Å². The van der Waals surface area contributed by atoms with Crippen molar-refractivity contribution in [2.75, 3.05) is 19.7 Å². The molecule has 1 amide bonds. The molecule has 1 atom stereocenters. The summed E-state index contributed by atoms with van der Waals surface area (Å²) >= 11 is 1.63. The highest BCUT2D eigenvalue weighted by Gasteiger charge is 2.45. The van der Waals surface area contributed by atoms with Crippen molar-refractivity contribution >= 4 is 17.2 Å². The van der Waals surface area contributed by atoms with E-state index in [1.807, 2.05) is 38.2 Å². The molecule has 1 N–H and O–H groups in total. The van der Waals surface area contributed by atoms with Crippen LogP contribution in [0.15, 0.2) is 42.6 Å². The normalized spacial score (nSPS) is 19.0. The Hall–Kier alpha value is -3.21. The van der Waals surface area contributed by atoms with E-state index in [2.05, 4.69) is 29.3 Å². The summed E-state index contributed by atoms with van der Waals surface area (Å²) in [5, 5.41) is 19.7. The Bertz CT molecular complexity index is 1290. The number of amides is 1. The molecular weight excluding hydrogens is 446 g/mol. The summed E-state index contributed by atoms with van der Waals surface area (Å²) < 4.78 is 5.75. The summed E-state index contributed by atoms with van der Waals surface area (Å²) in [6.45, 7) is 4.84. The highest BCUT2D eigenvalue weighted by molar-refractivity contribution is 7.18. The zero-order chi connectivity index (χ0) is 23.9. The second kappa shape index (κ2) is 8.86. The fourth-order valence-corrected chi connectivity index (χ4v) is 6.30. The number of thiazole rings is 1. The number of aliphatic hydroxyl groups excluding tert-OH is 1. The van der Waals surface area contributed by atoms with Crippen LogP contribution >= 0.6 is 11.3 Å². The molecule has 34 heavy (non-hydrogen) atoms. The molecule has 0 saturated carbocycles. The number of nitrogens with zero attached hydrogens (tertiary/aromatic N) is 3. The molecule has 1 aliphatic heterocycles. The maximum atomic E-state index is 12.1. The Balaban J connectivity index is 1.45. The number of fused-ring (bicyclic) bond motifs is 2. The molecular formula is C27H27N3O3S. The van der Waals surface area contributed by atoms with Crippen molar-refractivity contribution in [2.24, 2.45) is 0 Å². The number of carbonyl (C=O) groups excluding carboxylic acids is 1. The monoisotopic (exact) mass is 473 g/mol. The van der Waals surface area contributed by atoms with Crippen LogP contribution in [-0.4, -0.2) is 46.7 Å². The number of benzene rings is 2.